The molecule has 1 aromatic carbocycles. The molecule has 0 radical (unpaired) electrons. The second-order valence-electron chi connectivity index (χ2n) is 7.04. The highest BCUT2D eigenvalue weighted by Crippen LogP contribution is 2.21. The van der Waals surface area contributed by atoms with Gasteiger partial charge in [-0.1, -0.05) is 32.4 Å². The van der Waals surface area contributed by atoms with Gasteiger partial charge in [0, 0.05) is 23.5 Å². The predicted molar refractivity (Wildman–Crippen MR) is 97.4 cm³/mol. The summed E-state index contributed by atoms with van der Waals surface area (Å²) >= 11 is 5.82. The van der Waals surface area contributed by atoms with Gasteiger partial charge in [-0.05, 0) is 24.3 Å². The van der Waals surface area contributed by atoms with Gasteiger partial charge in [-0.3, -0.25) is 9.59 Å². The summed E-state index contributed by atoms with van der Waals surface area (Å²) in [6.07, 6.45) is 0. The van der Waals surface area contributed by atoms with Crippen molar-refractivity contribution in [3.8, 4) is 0 Å². The van der Waals surface area contributed by atoms with Crippen LogP contribution in [0.1, 0.15) is 20.8 Å². The fourth-order valence-corrected chi connectivity index (χ4v) is 3.91. The number of hydrogen-bond donors (Lipinski definition) is 1. The van der Waals surface area contributed by atoms with Crippen molar-refractivity contribution >= 4 is 33.3 Å². The summed E-state index contributed by atoms with van der Waals surface area (Å²) < 4.78 is 31.3. The Bertz CT molecular complexity index is 765. The van der Waals surface area contributed by atoms with E-state index >= 15 is 0 Å². The standard InChI is InChI=1S/C17H23ClN2O5S/c1-17(2,3)16(22)19-14(15(21)20-8-10-25-11-9-20)26(23,24)13-6-4-12(18)5-7-13/h4-7,14H,8-11H2,1-3H3,(H,19,22). The highest BCUT2D eigenvalue weighted by molar-refractivity contribution is 7.92. The van der Waals surface area contributed by atoms with Gasteiger partial charge in [-0.2, -0.15) is 0 Å². The summed E-state index contributed by atoms with van der Waals surface area (Å²) in [4.78, 5) is 26.6. The summed E-state index contributed by atoms with van der Waals surface area (Å²) in [5.74, 6) is -1.19. The molecule has 7 nitrogen and oxygen atoms in total. The minimum absolute atomic E-state index is 0.0808. The Morgan fingerprint density at radius 2 is 1.69 bits per heavy atom. The number of nitrogens with zero attached hydrogens (tertiary/aromatic N) is 1. The average Bonchev–Trinajstić information content (AvgIpc) is 2.59. The highest BCUT2D eigenvalue weighted by atomic mass is 35.5. The van der Waals surface area contributed by atoms with Gasteiger partial charge in [0.25, 0.3) is 5.91 Å². The van der Waals surface area contributed by atoms with Crippen LogP contribution in [0.5, 0.6) is 0 Å². The van der Waals surface area contributed by atoms with Crippen LogP contribution in [0.4, 0.5) is 0 Å². The SMILES string of the molecule is CC(C)(C)C(=O)NC(C(=O)N1CCOCC1)S(=O)(=O)c1ccc(Cl)cc1. The number of morpholine rings is 1. The van der Waals surface area contributed by atoms with Crippen LogP contribution in [-0.2, 0) is 24.2 Å². The maximum Gasteiger partial charge on any atom is 0.261 e. The molecule has 1 N–H and O–H groups in total. The van der Waals surface area contributed by atoms with Gasteiger partial charge in [0.15, 0.2) is 0 Å². The fraction of sp³-hybridized carbons (Fsp3) is 0.529. The molecule has 1 aliphatic rings. The smallest absolute Gasteiger partial charge is 0.261 e. The van der Waals surface area contributed by atoms with E-state index < -0.39 is 32.4 Å². The van der Waals surface area contributed by atoms with E-state index in [2.05, 4.69) is 5.32 Å². The first kappa shape index (κ1) is 20.7. The Morgan fingerprint density at radius 1 is 1.15 bits per heavy atom. The van der Waals surface area contributed by atoms with E-state index in [0.717, 1.165) is 0 Å². The highest BCUT2D eigenvalue weighted by Gasteiger charge is 2.40. The van der Waals surface area contributed by atoms with Crippen molar-refractivity contribution in [2.45, 2.75) is 31.0 Å². The van der Waals surface area contributed by atoms with Gasteiger partial charge in [0.2, 0.25) is 21.1 Å². The van der Waals surface area contributed by atoms with Gasteiger partial charge in [0.05, 0.1) is 18.1 Å². The van der Waals surface area contributed by atoms with Crippen LogP contribution in [-0.4, -0.2) is 56.8 Å². The number of rotatable bonds is 4. The van der Waals surface area contributed by atoms with Crippen LogP contribution in [0.25, 0.3) is 0 Å². The molecule has 1 saturated heterocycles. The van der Waals surface area contributed by atoms with Gasteiger partial charge >= 0.3 is 0 Å². The number of sulfone groups is 1. The summed E-state index contributed by atoms with van der Waals surface area (Å²) in [5.41, 5.74) is -0.848. The van der Waals surface area contributed by atoms with E-state index in [1.807, 2.05) is 0 Å². The molecular weight excluding hydrogens is 380 g/mol. The zero-order valence-corrected chi connectivity index (χ0v) is 16.6. The van der Waals surface area contributed by atoms with E-state index in [1.54, 1.807) is 20.8 Å². The molecular formula is C17H23ClN2O5S. The second kappa shape index (κ2) is 7.94. The van der Waals surface area contributed by atoms with E-state index in [0.29, 0.717) is 18.2 Å². The molecule has 1 aliphatic heterocycles. The molecule has 0 spiro atoms. The van der Waals surface area contributed by atoms with Crippen LogP contribution in [0.2, 0.25) is 5.02 Å². The number of nitrogens with one attached hydrogen (secondary N) is 1. The lowest BCUT2D eigenvalue weighted by atomic mass is 9.96. The van der Waals surface area contributed by atoms with Crippen molar-refractivity contribution in [1.82, 2.24) is 10.2 Å². The minimum atomic E-state index is -4.14. The van der Waals surface area contributed by atoms with Crippen molar-refractivity contribution in [1.29, 1.82) is 0 Å². The monoisotopic (exact) mass is 402 g/mol. The van der Waals surface area contributed by atoms with Gasteiger partial charge in [-0.15, -0.1) is 0 Å². The van der Waals surface area contributed by atoms with Crippen molar-refractivity contribution in [2.75, 3.05) is 26.3 Å². The van der Waals surface area contributed by atoms with Crippen LogP contribution in [0.15, 0.2) is 29.2 Å². The number of amides is 2. The third-order valence-corrected chi connectivity index (χ3v) is 6.06. The number of carbonyl (C=O) groups excluding carboxylic acids is 2. The second-order valence-corrected chi connectivity index (χ2v) is 9.51. The first-order valence-electron chi connectivity index (χ1n) is 8.20. The molecule has 9 heteroatoms. The van der Waals surface area contributed by atoms with Crippen molar-refractivity contribution in [3.63, 3.8) is 0 Å². The number of carbonyl (C=O) groups is 2. The Labute approximate surface area is 158 Å². The van der Waals surface area contributed by atoms with E-state index in [9.17, 15) is 18.0 Å². The molecule has 2 rings (SSSR count). The predicted octanol–water partition coefficient (Wildman–Crippen LogP) is 1.46. The van der Waals surface area contributed by atoms with Crippen LogP contribution in [0, 0.1) is 5.41 Å². The van der Waals surface area contributed by atoms with Gasteiger partial charge in [0.1, 0.15) is 0 Å². The normalized spacial score (nSPS) is 16.8. The molecule has 1 atom stereocenters. The zero-order chi connectivity index (χ0) is 19.5. The van der Waals surface area contributed by atoms with Crippen LogP contribution >= 0.6 is 11.6 Å². The van der Waals surface area contributed by atoms with E-state index in [-0.39, 0.29) is 18.0 Å². The zero-order valence-electron chi connectivity index (χ0n) is 15.0. The van der Waals surface area contributed by atoms with Gasteiger partial charge < -0.3 is 15.0 Å². The third-order valence-electron chi connectivity index (χ3n) is 3.94. The summed E-state index contributed by atoms with van der Waals surface area (Å²) in [7, 11) is -4.14. The number of ether oxygens (including phenoxy) is 1. The lowest BCUT2D eigenvalue weighted by molar-refractivity contribution is -0.139. The third kappa shape index (κ3) is 4.75. The quantitative estimate of drug-likeness (QED) is 0.823. The molecule has 0 saturated carbocycles. The summed E-state index contributed by atoms with van der Waals surface area (Å²) in [6.45, 7) is 6.14. The molecule has 1 fully saturated rings. The summed E-state index contributed by atoms with van der Waals surface area (Å²) in [5, 5.41) is 1.09. The lowest BCUT2D eigenvalue weighted by Gasteiger charge is -2.31. The largest absolute Gasteiger partial charge is 0.378 e. The molecule has 2 amide bonds. The Hall–Kier alpha value is -1.64. The number of halogens is 1. The van der Waals surface area contributed by atoms with Crippen molar-refractivity contribution in [3.05, 3.63) is 29.3 Å². The molecule has 1 heterocycles. The maximum atomic E-state index is 13.1. The molecule has 0 aliphatic carbocycles. The van der Waals surface area contributed by atoms with Crippen molar-refractivity contribution < 1.29 is 22.7 Å². The first-order chi connectivity index (χ1) is 12.0. The number of benzene rings is 1. The number of hydrogen-bond acceptors (Lipinski definition) is 5. The molecule has 1 unspecified atom stereocenters. The fourth-order valence-electron chi connectivity index (χ4n) is 2.32. The topological polar surface area (TPSA) is 92.8 Å². The van der Waals surface area contributed by atoms with E-state index in [4.69, 9.17) is 16.3 Å². The van der Waals surface area contributed by atoms with Gasteiger partial charge in [-0.25, -0.2) is 8.42 Å². The molecule has 0 aromatic heterocycles. The molecule has 144 valence electrons. The minimum Gasteiger partial charge on any atom is -0.378 e. The van der Waals surface area contributed by atoms with E-state index in [1.165, 1.54) is 29.2 Å². The summed E-state index contributed by atoms with van der Waals surface area (Å²) in [6, 6.07) is 5.49. The molecule has 0 bridgehead atoms. The van der Waals surface area contributed by atoms with Crippen LogP contribution in [0.3, 0.4) is 0 Å². The molecule has 1 aromatic rings. The Kier molecular flexibility index (Phi) is 6.31. The Balaban J connectivity index is 2.39. The Morgan fingerprint density at radius 3 is 2.19 bits per heavy atom. The maximum absolute atomic E-state index is 13.1. The average molecular weight is 403 g/mol. The van der Waals surface area contributed by atoms with Crippen molar-refractivity contribution in [2.24, 2.45) is 5.41 Å². The molecule has 26 heavy (non-hydrogen) atoms. The van der Waals surface area contributed by atoms with Crippen LogP contribution < -0.4 is 5.32 Å². The first-order valence-corrected chi connectivity index (χ1v) is 10.1. The lowest BCUT2D eigenvalue weighted by Crippen LogP contribution is -2.56.